The van der Waals surface area contributed by atoms with E-state index < -0.39 is 0 Å². The van der Waals surface area contributed by atoms with Crippen molar-refractivity contribution in [3.05, 3.63) is 46.4 Å². The summed E-state index contributed by atoms with van der Waals surface area (Å²) in [6, 6.07) is 7.04. The van der Waals surface area contributed by atoms with Crippen LogP contribution in [0.2, 0.25) is 0 Å². The summed E-state index contributed by atoms with van der Waals surface area (Å²) in [6.45, 7) is 9.00. The first-order valence-corrected chi connectivity index (χ1v) is 9.53. The number of hydrogen-bond acceptors (Lipinski definition) is 3. The molecule has 1 aliphatic heterocycles. The van der Waals surface area contributed by atoms with Crippen LogP contribution in [0.15, 0.2) is 35.3 Å². The number of aromatic amines is 1. The van der Waals surface area contributed by atoms with Crippen LogP contribution in [0.25, 0.3) is 11.1 Å². The third-order valence-electron chi connectivity index (χ3n) is 6.64. The van der Waals surface area contributed by atoms with Crippen molar-refractivity contribution in [2.45, 2.75) is 52.6 Å². The molecular weight excluding hydrogens is 326 g/mol. The number of fused-ring (bicyclic) bond motifs is 3. The maximum atomic E-state index is 12.9. The molecule has 4 heteroatoms. The molecule has 2 aromatic rings. The van der Waals surface area contributed by atoms with Crippen LogP contribution < -0.4 is 10.3 Å². The molecule has 2 heterocycles. The molecule has 2 aliphatic rings. The number of benzene rings is 1. The molecule has 0 amide bonds. The summed E-state index contributed by atoms with van der Waals surface area (Å²) in [5.74, 6) is 2.21. The molecule has 1 aliphatic carbocycles. The first-order chi connectivity index (χ1) is 12.3. The number of rotatable bonds is 1. The van der Waals surface area contributed by atoms with Gasteiger partial charge in [-0.15, -0.1) is 0 Å². The number of ether oxygens (including phenoxy) is 1. The van der Waals surface area contributed by atoms with Gasteiger partial charge in [-0.2, -0.15) is 0 Å². The number of H-pyrrole nitrogens is 1. The summed E-state index contributed by atoms with van der Waals surface area (Å²) in [5, 5.41) is 9.59. The van der Waals surface area contributed by atoms with Gasteiger partial charge < -0.3 is 14.8 Å². The molecule has 4 rings (SSSR count). The van der Waals surface area contributed by atoms with Crippen LogP contribution >= 0.6 is 0 Å². The molecule has 1 aromatic heterocycles. The molecule has 26 heavy (non-hydrogen) atoms. The fourth-order valence-corrected chi connectivity index (χ4v) is 5.52. The zero-order chi connectivity index (χ0) is 18.6. The lowest BCUT2D eigenvalue weighted by molar-refractivity contribution is -0.0351. The summed E-state index contributed by atoms with van der Waals surface area (Å²) >= 11 is 0. The van der Waals surface area contributed by atoms with Crippen molar-refractivity contribution in [2.24, 2.45) is 17.3 Å². The molecule has 0 saturated heterocycles. The van der Waals surface area contributed by atoms with Crippen molar-refractivity contribution in [1.29, 1.82) is 0 Å². The maximum Gasteiger partial charge on any atom is 0.255 e. The Morgan fingerprint density at radius 2 is 1.88 bits per heavy atom. The highest BCUT2D eigenvalue weighted by Gasteiger charge is 2.53. The molecule has 2 N–H and O–H groups in total. The fourth-order valence-electron chi connectivity index (χ4n) is 5.52. The number of hydrogen-bond donors (Lipinski definition) is 2. The highest BCUT2D eigenvalue weighted by molar-refractivity contribution is 5.72. The third kappa shape index (κ3) is 2.46. The monoisotopic (exact) mass is 353 g/mol. The predicted molar refractivity (Wildman–Crippen MR) is 103 cm³/mol. The normalized spacial score (nSPS) is 33.1. The number of aromatic hydroxyl groups is 1. The fraction of sp³-hybridized carbons (Fsp3) is 0.500. The summed E-state index contributed by atoms with van der Waals surface area (Å²) in [4.78, 5) is 15.8. The van der Waals surface area contributed by atoms with Crippen molar-refractivity contribution in [3.63, 3.8) is 0 Å². The molecule has 0 bridgehead atoms. The highest BCUT2D eigenvalue weighted by Crippen LogP contribution is 2.59. The predicted octanol–water partition coefficient (Wildman–Crippen LogP) is 4.68. The van der Waals surface area contributed by atoms with Gasteiger partial charge in [0.25, 0.3) is 5.56 Å². The smallest absolute Gasteiger partial charge is 0.255 e. The summed E-state index contributed by atoms with van der Waals surface area (Å²) in [5.41, 5.74) is 2.55. The third-order valence-corrected chi connectivity index (χ3v) is 6.64. The first-order valence-electron chi connectivity index (χ1n) is 9.53. The first kappa shape index (κ1) is 17.2. The Morgan fingerprint density at radius 1 is 1.19 bits per heavy atom. The molecule has 1 aromatic carbocycles. The van der Waals surface area contributed by atoms with Crippen molar-refractivity contribution in [3.8, 4) is 22.6 Å². The molecule has 5 atom stereocenters. The van der Waals surface area contributed by atoms with Gasteiger partial charge in [0.15, 0.2) is 0 Å². The van der Waals surface area contributed by atoms with Crippen molar-refractivity contribution < 1.29 is 9.84 Å². The lowest BCUT2D eigenvalue weighted by Crippen LogP contribution is -2.51. The van der Waals surface area contributed by atoms with Crippen molar-refractivity contribution in [1.82, 2.24) is 4.98 Å². The second-order valence-corrected chi connectivity index (χ2v) is 8.59. The maximum absolute atomic E-state index is 12.9. The molecule has 1 fully saturated rings. The Bertz CT molecular complexity index is 885. The van der Waals surface area contributed by atoms with Gasteiger partial charge >= 0.3 is 0 Å². The van der Waals surface area contributed by atoms with Crippen LogP contribution in [-0.2, 0) is 0 Å². The summed E-state index contributed by atoms with van der Waals surface area (Å²) in [7, 11) is 0. The van der Waals surface area contributed by atoms with Crippen molar-refractivity contribution >= 4 is 0 Å². The minimum absolute atomic E-state index is 0.0351. The lowest BCUT2D eigenvalue weighted by Gasteiger charge is -2.53. The van der Waals surface area contributed by atoms with E-state index in [0.717, 1.165) is 35.3 Å². The average molecular weight is 353 g/mol. The molecule has 0 radical (unpaired) electrons. The molecular formula is C22H27NO3. The van der Waals surface area contributed by atoms with E-state index in [4.69, 9.17) is 4.74 Å². The number of aromatic nitrogens is 1. The summed E-state index contributed by atoms with van der Waals surface area (Å²) in [6.07, 6.45) is 3.99. The minimum Gasteiger partial charge on any atom is -0.508 e. The van der Waals surface area contributed by atoms with E-state index in [1.165, 1.54) is 0 Å². The van der Waals surface area contributed by atoms with E-state index in [1.54, 1.807) is 18.3 Å². The van der Waals surface area contributed by atoms with Crippen LogP contribution in [0.3, 0.4) is 0 Å². The second-order valence-electron chi connectivity index (χ2n) is 8.59. The number of nitrogens with one attached hydrogen (secondary N) is 1. The quantitative estimate of drug-likeness (QED) is 0.782. The molecule has 1 saturated carbocycles. The van der Waals surface area contributed by atoms with Crippen LogP contribution in [0.1, 0.15) is 52.0 Å². The van der Waals surface area contributed by atoms with Crippen LogP contribution in [0, 0.1) is 17.3 Å². The van der Waals surface area contributed by atoms with Crippen LogP contribution in [0.5, 0.6) is 11.5 Å². The lowest BCUT2D eigenvalue weighted by atomic mass is 9.55. The van der Waals surface area contributed by atoms with Gasteiger partial charge in [0.1, 0.15) is 17.6 Å². The largest absolute Gasteiger partial charge is 0.508 e. The minimum atomic E-state index is -0.0370. The number of phenols is 1. The van der Waals surface area contributed by atoms with E-state index in [-0.39, 0.29) is 28.7 Å². The van der Waals surface area contributed by atoms with Gasteiger partial charge in [-0.3, -0.25) is 4.79 Å². The second kappa shape index (κ2) is 5.90. The van der Waals surface area contributed by atoms with Gasteiger partial charge in [-0.1, -0.05) is 32.9 Å². The van der Waals surface area contributed by atoms with E-state index in [2.05, 4.69) is 32.7 Å². The number of pyridine rings is 1. The van der Waals surface area contributed by atoms with Crippen LogP contribution in [-0.4, -0.2) is 16.2 Å². The van der Waals surface area contributed by atoms with Crippen molar-refractivity contribution in [2.75, 3.05) is 0 Å². The molecule has 0 spiro atoms. The average Bonchev–Trinajstić information content (AvgIpc) is 2.57. The van der Waals surface area contributed by atoms with Gasteiger partial charge in [-0.05, 0) is 49.3 Å². The molecule has 5 unspecified atom stereocenters. The van der Waals surface area contributed by atoms with E-state index in [9.17, 15) is 9.90 Å². The van der Waals surface area contributed by atoms with E-state index >= 15 is 0 Å². The highest BCUT2D eigenvalue weighted by atomic mass is 16.5. The Morgan fingerprint density at radius 3 is 2.58 bits per heavy atom. The topological polar surface area (TPSA) is 62.3 Å². The standard InChI is InChI=1S/C22H27NO3/c1-12-9-13(2)19-18-20(26-14(3)22(19,4)10-12)17(11-23-21(18)25)15-5-7-16(24)8-6-15/h5-8,11-14,19,24H,9-10H2,1-4H3,(H,23,25). The Hall–Kier alpha value is -2.23. The van der Waals surface area contributed by atoms with Gasteiger partial charge in [-0.25, -0.2) is 0 Å². The van der Waals surface area contributed by atoms with Gasteiger partial charge in [0.2, 0.25) is 0 Å². The zero-order valence-corrected chi connectivity index (χ0v) is 15.9. The van der Waals surface area contributed by atoms with Crippen LogP contribution in [0.4, 0.5) is 0 Å². The zero-order valence-electron chi connectivity index (χ0n) is 15.9. The Labute approximate surface area is 154 Å². The molecule has 138 valence electrons. The van der Waals surface area contributed by atoms with Gasteiger partial charge in [0.05, 0.1) is 5.56 Å². The molecule has 4 nitrogen and oxygen atoms in total. The Kier molecular flexibility index (Phi) is 3.90. The Balaban J connectivity index is 1.93. The summed E-state index contributed by atoms with van der Waals surface area (Å²) < 4.78 is 6.42. The van der Waals surface area contributed by atoms with Gasteiger partial charge in [0, 0.05) is 23.1 Å². The van der Waals surface area contributed by atoms with E-state index in [0.29, 0.717) is 11.8 Å². The van der Waals surface area contributed by atoms with E-state index in [1.807, 2.05) is 12.1 Å². The number of phenolic OH excluding ortho intramolecular Hbond substituents is 1. The SMILES string of the molecule is CC1CC(C)C2c3c(c(-c4ccc(O)cc4)c[nH]c3=O)OC(C)C2(C)C1.